The quantitative estimate of drug-likeness (QED) is 0.171. The Morgan fingerprint density at radius 2 is 1.05 bits per heavy atom. The summed E-state index contributed by atoms with van der Waals surface area (Å²) < 4.78 is 163. The van der Waals surface area contributed by atoms with Crippen molar-refractivity contribution in [3.63, 3.8) is 0 Å². The van der Waals surface area contributed by atoms with Gasteiger partial charge >= 0.3 is 12.3 Å². The average Bonchev–Trinajstić information content (AvgIpc) is 2.94. The van der Waals surface area contributed by atoms with Gasteiger partial charge in [0.1, 0.15) is 46.8 Å². The zero-order chi connectivity index (χ0) is 32.4. The molecular formula is C31H19F11O2. The molecule has 4 rings (SSSR count). The SMILES string of the molecule is CCOCC(F)=C(F)c1ccc(-c2cc(F)c(C(F)(F)Oc3ccc(-c4cc(F)c(C(F)(F)F)c(F)c4)cc3)c(F)c2)cc1. The summed E-state index contributed by atoms with van der Waals surface area (Å²) in [4.78, 5) is 0. The fourth-order valence-corrected chi connectivity index (χ4v) is 4.16. The van der Waals surface area contributed by atoms with Gasteiger partial charge in [-0.05, 0) is 65.6 Å². The molecule has 0 spiro atoms. The normalized spacial score (nSPS) is 12.7. The molecule has 0 aliphatic rings. The minimum Gasteiger partial charge on any atom is -0.429 e. The third-order valence-corrected chi connectivity index (χ3v) is 6.24. The van der Waals surface area contributed by atoms with Crippen LogP contribution in [0.1, 0.15) is 23.6 Å². The molecule has 0 aromatic heterocycles. The van der Waals surface area contributed by atoms with Crippen LogP contribution in [0.4, 0.5) is 48.3 Å². The van der Waals surface area contributed by atoms with Crippen molar-refractivity contribution in [3.8, 4) is 28.0 Å². The first-order valence-corrected chi connectivity index (χ1v) is 12.6. The van der Waals surface area contributed by atoms with Gasteiger partial charge in [-0.1, -0.05) is 36.4 Å². The van der Waals surface area contributed by atoms with Gasteiger partial charge < -0.3 is 9.47 Å². The van der Waals surface area contributed by atoms with E-state index in [2.05, 4.69) is 4.74 Å². The minimum absolute atomic E-state index is 0.0765. The predicted octanol–water partition coefficient (Wildman–Crippen LogP) is 10.4. The zero-order valence-electron chi connectivity index (χ0n) is 22.3. The molecule has 0 radical (unpaired) electrons. The summed E-state index contributed by atoms with van der Waals surface area (Å²) >= 11 is 0. The standard InChI is InChI=1S/C31H19F11O2/c1-2-43-15-26(36)29(37)18-5-3-16(4-6-18)20-13-24(34)28(25(35)14-20)31(41,42)44-21-9-7-17(8-10-21)19-11-22(32)27(23(33)12-19)30(38,39)40/h3-14H,2,15H2,1H3. The van der Waals surface area contributed by atoms with E-state index in [0.29, 0.717) is 24.3 Å². The molecule has 0 saturated carbocycles. The first-order valence-electron chi connectivity index (χ1n) is 12.6. The molecule has 4 aromatic rings. The van der Waals surface area contributed by atoms with E-state index in [4.69, 9.17) is 4.74 Å². The second-order valence-electron chi connectivity index (χ2n) is 9.20. The Morgan fingerprint density at radius 3 is 1.48 bits per heavy atom. The van der Waals surface area contributed by atoms with Crippen LogP contribution < -0.4 is 4.74 Å². The van der Waals surface area contributed by atoms with Crippen LogP contribution in [-0.2, 0) is 17.0 Å². The lowest BCUT2D eigenvalue weighted by atomic mass is 10.0. The number of benzene rings is 4. The first-order chi connectivity index (χ1) is 20.6. The molecule has 0 amide bonds. The number of hydrogen-bond donors (Lipinski definition) is 0. The van der Waals surface area contributed by atoms with Gasteiger partial charge in [0.25, 0.3) is 0 Å². The van der Waals surface area contributed by atoms with Crippen LogP contribution in [0, 0.1) is 23.3 Å². The van der Waals surface area contributed by atoms with Gasteiger partial charge in [-0.2, -0.15) is 22.0 Å². The van der Waals surface area contributed by atoms with Crippen LogP contribution in [0.5, 0.6) is 5.75 Å². The molecule has 0 unspecified atom stereocenters. The molecule has 0 fully saturated rings. The highest BCUT2D eigenvalue weighted by atomic mass is 19.4. The van der Waals surface area contributed by atoms with Gasteiger partial charge in [0, 0.05) is 12.2 Å². The third-order valence-electron chi connectivity index (χ3n) is 6.24. The fraction of sp³-hybridized carbons (Fsp3) is 0.161. The van der Waals surface area contributed by atoms with E-state index >= 15 is 0 Å². The summed E-state index contributed by atoms with van der Waals surface area (Å²) in [6.07, 6.45) is -9.86. The van der Waals surface area contributed by atoms with Gasteiger partial charge in [-0.15, -0.1) is 0 Å². The maximum absolute atomic E-state index is 14.9. The van der Waals surface area contributed by atoms with E-state index in [1.165, 1.54) is 12.1 Å². The lowest BCUT2D eigenvalue weighted by Crippen LogP contribution is -2.25. The molecule has 44 heavy (non-hydrogen) atoms. The highest BCUT2D eigenvalue weighted by Crippen LogP contribution is 2.39. The molecule has 13 heteroatoms. The van der Waals surface area contributed by atoms with Gasteiger partial charge in [0.2, 0.25) is 0 Å². The van der Waals surface area contributed by atoms with E-state index in [0.717, 1.165) is 36.4 Å². The summed E-state index contributed by atoms with van der Waals surface area (Å²) in [6, 6.07) is 10.3. The Morgan fingerprint density at radius 1 is 0.614 bits per heavy atom. The highest BCUT2D eigenvalue weighted by molar-refractivity contribution is 5.69. The van der Waals surface area contributed by atoms with Crippen LogP contribution in [-0.4, -0.2) is 13.2 Å². The van der Waals surface area contributed by atoms with Crippen LogP contribution in [0.25, 0.3) is 28.1 Å². The molecule has 0 aliphatic carbocycles. The van der Waals surface area contributed by atoms with Gasteiger partial charge in [0.15, 0.2) is 11.7 Å². The first kappa shape index (κ1) is 32.5. The summed E-state index contributed by atoms with van der Waals surface area (Å²) in [5, 5.41) is 0. The number of alkyl halides is 5. The van der Waals surface area contributed by atoms with Crippen molar-refractivity contribution in [1.82, 2.24) is 0 Å². The molecule has 2 nitrogen and oxygen atoms in total. The Bertz CT molecular complexity index is 1630. The van der Waals surface area contributed by atoms with Crippen LogP contribution in [0.3, 0.4) is 0 Å². The molecular weight excluding hydrogens is 613 g/mol. The van der Waals surface area contributed by atoms with E-state index in [9.17, 15) is 48.3 Å². The number of ether oxygens (including phenoxy) is 2. The maximum atomic E-state index is 14.9. The summed E-state index contributed by atoms with van der Waals surface area (Å²) in [6.45, 7) is 1.15. The van der Waals surface area contributed by atoms with Crippen molar-refractivity contribution in [2.24, 2.45) is 0 Å². The second kappa shape index (κ2) is 12.7. The highest BCUT2D eigenvalue weighted by Gasteiger charge is 2.41. The van der Waals surface area contributed by atoms with Gasteiger partial charge in [-0.3, -0.25) is 0 Å². The van der Waals surface area contributed by atoms with Crippen LogP contribution in [0.2, 0.25) is 0 Å². The topological polar surface area (TPSA) is 18.5 Å². The largest absolute Gasteiger partial charge is 0.432 e. The van der Waals surface area contributed by atoms with E-state index in [1.807, 2.05) is 0 Å². The van der Waals surface area contributed by atoms with Crippen LogP contribution in [0.15, 0.2) is 78.6 Å². The lowest BCUT2D eigenvalue weighted by molar-refractivity contribution is -0.189. The monoisotopic (exact) mass is 632 g/mol. The Hall–Kier alpha value is -4.39. The predicted molar refractivity (Wildman–Crippen MR) is 139 cm³/mol. The van der Waals surface area contributed by atoms with E-state index < -0.39 is 70.7 Å². The Labute approximate surface area is 243 Å². The fourth-order valence-electron chi connectivity index (χ4n) is 4.16. The van der Waals surface area contributed by atoms with Crippen molar-refractivity contribution >= 4 is 5.83 Å². The average molecular weight is 632 g/mol. The van der Waals surface area contributed by atoms with Gasteiger partial charge in [-0.25, -0.2) is 26.3 Å². The minimum atomic E-state index is -5.29. The van der Waals surface area contributed by atoms with Crippen molar-refractivity contribution in [2.45, 2.75) is 19.2 Å². The van der Waals surface area contributed by atoms with Crippen molar-refractivity contribution in [2.75, 3.05) is 13.2 Å². The van der Waals surface area contributed by atoms with Crippen molar-refractivity contribution in [1.29, 1.82) is 0 Å². The molecule has 232 valence electrons. The number of halogens is 11. The molecule has 0 heterocycles. The molecule has 0 bridgehead atoms. The third kappa shape index (κ3) is 7.04. The summed E-state index contributed by atoms with van der Waals surface area (Å²) in [5.41, 5.74) is -4.57. The molecule has 0 saturated heterocycles. The summed E-state index contributed by atoms with van der Waals surface area (Å²) in [7, 11) is 0. The maximum Gasteiger partial charge on any atom is 0.432 e. The van der Waals surface area contributed by atoms with Crippen LogP contribution >= 0.6 is 0 Å². The number of hydrogen-bond acceptors (Lipinski definition) is 2. The second-order valence-corrected chi connectivity index (χ2v) is 9.20. The van der Waals surface area contributed by atoms with Crippen molar-refractivity contribution in [3.05, 3.63) is 119 Å². The number of rotatable bonds is 9. The Kier molecular flexibility index (Phi) is 9.38. The lowest BCUT2D eigenvalue weighted by Gasteiger charge is -2.20. The summed E-state index contributed by atoms with van der Waals surface area (Å²) in [5.74, 6) is -10.2. The molecule has 0 aliphatic heterocycles. The molecule has 0 N–H and O–H groups in total. The Balaban J connectivity index is 1.54. The van der Waals surface area contributed by atoms with E-state index in [1.54, 1.807) is 6.92 Å². The van der Waals surface area contributed by atoms with E-state index in [-0.39, 0.29) is 34.4 Å². The molecule has 0 atom stereocenters. The zero-order valence-corrected chi connectivity index (χ0v) is 22.3. The smallest absolute Gasteiger partial charge is 0.429 e. The van der Waals surface area contributed by atoms with Crippen molar-refractivity contribution < 1.29 is 57.8 Å². The molecule has 4 aromatic carbocycles. The van der Waals surface area contributed by atoms with Gasteiger partial charge in [0.05, 0.1) is 0 Å².